The number of nitrogens with two attached hydrogens (primary N) is 1. The van der Waals surface area contributed by atoms with Crippen molar-refractivity contribution in [2.75, 3.05) is 18.8 Å². The van der Waals surface area contributed by atoms with Crippen LogP contribution in [0.25, 0.3) is 0 Å². The highest BCUT2D eigenvalue weighted by atomic mass is 16.5. The average molecular weight is 252 g/mol. The number of hydrogen-bond acceptors (Lipinski definition) is 4. The quantitative estimate of drug-likeness (QED) is 0.792. The van der Waals surface area contributed by atoms with Gasteiger partial charge < -0.3 is 15.4 Å². The maximum atomic E-state index is 12.5. The van der Waals surface area contributed by atoms with Crippen LogP contribution in [0.1, 0.15) is 30.0 Å². The van der Waals surface area contributed by atoms with Gasteiger partial charge in [0.15, 0.2) is 0 Å². The lowest BCUT2D eigenvalue weighted by molar-refractivity contribution is -0.0588. The molecule has 1 fully saturated rings. The van der Waals surface area contributed by atoms with Gasteiger partial charge in [-0.2, -0.15) is 5.10 Å². The highest BCUT2D eigenvalue weighted by molar-refractivity contribution is 5.98. The second-order valence-electron chi connectivity index (χ2n) is 4.94. The summed E-state index contributed by atoms with van der Waals surface area (Å²) in [7, 11) is 1.74. The molecule has 2 atom stereocenters. The Kier molecular flexibility index (Phi) is 3.30. The predicted molar refractivity (Wildman–Crippen MR) is 68.3 cm³/mol. The van der Waals surface area contributed by atoms with E-state index in [1.165, 1.54) is 0 Å². The van der Waals surface area contributed by atoms with Crippen LogP contribution in [-0.4, -0.2) is 45.9 Å². The second-order valence-corrected chi connectivity index (χ2v) is 4.94. The average Bonchev–Trinajstić information content (AvgIpc) is 2.51. The first-order chi connectivity index (χ1) is 8.40. The van der Waals surface area contributed by atoms with Crippen molar-refractivity contribution < 1.29 is 9.53 Å². The molecule has 18 heavy (non-hydrogen) atoms. The van der Waals surface area contributed by atoms with Crippen LogP contribution in [0.5, 0.6) is 0 Å². The van der Waals surface area contributed by atoms with Crippen LogP contribution in [-0.2, 0) is 11.8 Å². The summed E-state index contributed by atoms with van der Waals surface area (Å²) in [4.78, 5) is 14.3. The lowest BCUT2D eigenvalue weighted by Gasteiger charge is -2.35. The summed E-state index contributed by atoms with van der Waals surface area (Å²) in [5, 5.41) is 4.18. The summed E-state index contributed by atoms with van der Waals surface area (Å²) in [5.74, 6) is -0.0717. The molecule has 1 aliphatic rings. The van der Waals surface area contributed by atoms with E-state index < -0.39 is 0 Å². The standard InChI is InChI=1S/C12H20N4O2/c1-7-5-16(6-8(2)18-7)12(17)11-10(13)9(3)14-15(11)4/h7-8H,5-6,13H2,1-4H3. The van der Waals surface area contributed by atoms with Crippen LogP contribution in [0, 0.1) is 6.92 Å². The minimum Gasteiger partial charge on any atom is -0.395 e. The SMILES string of the molecule is Cc1nn(C)c(C(=O)N2CC(C)OC(C)C2)c1N. The normalized spacial score (nSPS) is 24.3. The van der Waals surface area contributed by atoms with E-state index in [2.05, 4.69) is 5.10 Å². The molecule has 0 saturated carbocycles. The summed E-state index contributed by atoms with van der Waals surface area (Å²) in [6.07, 6.45) is 0.0986. The zero-order valence-electron chi connectivity index (χ0n) is 11.3. The van der Waals surface area contributed by atoms with E-state index in [-0.39, 0.29) is 18.1 Å². The predicted octanol–water partition coefficient (Wildman–Crippen LogP) is 0.560. The third-order valence-corrected chi connectivity index (χ3v) is 3.18. The Bertz CT molecular complexity index is 459. The van der Waals surface area contributed by atoms with Gasteiger partial charge in [-0.15, -0.1) is 0 Å². The molecular formula is C12H20N4O2. The van der Waals surface area contributed by atoms with Crippen LogP contribution < -0.4 is 5.73 Å². The summed E-state index contributed by atoms with van der Waals surface area (Å²) >= 11 is 0. The van der Waals surface area contributed by atoms with E-state index in [0.29, 0.717) is 30.2 Å². The Labute approximate surface area is 107 Å². The molecule has 0 radical (unpaired) electrons. The molecular weight excluding hydrogens is 232 g/mol. The number of aromatic nitrogens is 2. The number of amides is 1. The van der Waals surface area contributed by atoms with Crippen molar-refractivity contribution in [2.45, 2.75) is 33.0 Å². The number of morpholine rings is 1. The van der Waals surface area contributed by atoms with E-state index in [1.54, 1.807) is 23.6 Å². The van der Waals surface area contributed by atoms with Gasteiger partial charge >= 0.3 is 0 Å². The largest absolute Gasteiger partial charge is 0.395 e. The fourth-order valence-corrected chi connectivity index (χ4v) is 2.42. The number of carbonyl (C=O) groups is 1. The lowest BCUT2D eigenvalue weighted by atomic mass is 10.2. The topological polar surface area (TPSA) is 73.4 Å². The molecule has 2 unspecified atom stereocenters. The minimum atomic E-state index is -0.0717. The van der Waals surface area contributed by atoms with Crippen molar-refractivity contribution in [1.82, 2.24) is 14.7 Å². The third-order valence-electron chi connectivity index (χ3n) is 3.18. The molecule has 2 N–H and O–H groups in total. The van der Waals surface area contributed by atoms with Gasteiger partial charge in [0.1, 0.15) is 5.69 Å². The van der Waals surface area contributed by atoms with Gasteiger partial charge in [-0.25, -0.2) is 0 Å². The Balaban J connectivity index is 2.25. The number of aryl methyl sites for hydroxylation is 2. The van der Waals surface area contributed by atoms with Crippen LogP contribution >= 0.6 is 0 Å². The van der Waals surface area contributed by atoms with Crippen molar-refractivity contribution in [3.63, 3.8) is 0 Å². The number of nitrogens with zero attached hydrogens (tertiary/aromatic N) is 3. The lowest BCUT2D eigenvalue weighted by Crippen LogP contribution is -2.48. The van der Waals surface area contributed by atoms with Gasteiger partial charge in [-0.1, -0.05) is 0 Å². The Morgan fingerprint density at radius 2 is 1.94 bits per heavy atom. The van der Waals surface area contributed by atoms with Crippen molar-refractivity contribution in [1.29, 1.82) is 0 Å². The first kappa shape index (κ1) is 12.9. The Morgan fingerprint density at radius 1 is 1.39 bits per heavy atom. The van der Waals surface area contributed by atoms with E-state index in [4.69, 9.17) is 10.5 Å². The van der Waals surface area contributed by atoms with E-state index in [0.717, 1.165) is 0 Å². The van der Waals surface area contributed by atoms with Gasteiger partial charge in [0.05, 0.1) is 23.6 Å². The van der Waals surface area contributed by atoms with Crippen LogP contribution in [0.2, 0.25) is 0 Å². The molecule has 2 heterocycles. The summed E-state index contributed by atoms with van der Waals surface area (Å²) in [6.45, 7) is 6.91. The van der Waals surface area contributed by atoms with Crippen molar-refractivity contribution in [3.8, 4) is 0 Å². The number of nitrogen functional groups attached to an aromatic ring is 1. The molecule has 6 heteroatoms. The van der Waals surface area contributed by atoms with Gasteiger partial charge in [0.2, 0.25) is 0 Å². The fourth-order valence-electron chi connectivity index (χ4n) is 2.42. The van der Waals surface area contributed by atoms with E-state index >= 15 is 0 Å². The Hall–Kier alpha value is -1.56. The van der Waals surface area contributed by atoms with Gasteiger partial charge in [0, 0.05) is 20.1 Å². The molecule has 0 spiro atoms. The molecule has 1 aliphatic heterocycles. The first-order valence-corrected chi connectivity index (χ1v) is 6.14. The summed E-state index contributed by atoms with van der Waals surface area (Å²) in [5.41, 5.74) is 7.54. The number of carbonyl (C=O) groups excluding carboxylic acids is 1. The molecule has 2 rings (SSSR count). The maximum absolute atomic E-state index is 12.5. The number of ether oxygens (including phenoxy) is 1. The van der Waals surface area contributed by atoms with Crippen molar-refractivity contribution in [2.24, 2.45) is 7.05 Å². The molecule has 1 aromatic rings. The highest BCUT2D eigenvalue weighted by Gasteiger charge is 2.29. The fraction of sp³-hybridized carbons (Fsp3) is 0.667. The van der Waals surface area contributed by atoms with Crippen LogP contribution in [0.3, 0.4) is 0 Å². The Morgan fingerprint density at radius 3 is 2.39 bits per heavy atom. The smallest absolute Gasteiger partial charge is 0.274 e. The first-order valence-electron chi connectivity index (χ1n) is 6.14. The summed E-state index contributed by atoms with van der Waals surface area (Å²) < 4.78 is 7.17. The van der Waals surface area contributed by atoms with Crippen LogP contribution in [0.15, 0.2) is 0 Å². The molecule has 0 bridgehead atoms. The van der Waals surface area contributed by atoms with Crippen molar-refractivity contribution >= 4 is 11.6 Å². The zero-order valence-corrected chi connectivity index (χ0v) is 11.3. The van der Waals surface area contributed by atoms with Gasteiger partial charge in [-0.3, -0.25) is 9.48 Å². The van der Waals surface area contributed by atoms with E-state index in [9.17, 15) is 4.79 Å². The number of hydrogen-bond donors (Lipinski definition) is 1. The van der Waals surface area contributed by atoms with Crippen LogP contribution in [0.4, 0.5) is 5.69 Å². The van der Waals surface area contributed by atoms with E-state index in [1.807, 2.05) is 13.8 Å². The van der Waals surface area contributed by atoms with Crippen molar-refractivity contribution in [3.05, 3.63) is 11.4 Å². The molecule has 1 amide bonds. The molecule has 1 saturated heterocycles. The van der Waals surface area contributed by atoms with Gasteiger partial charge in [0.25, 0.3) is 5.91 Å². The molecule has 0 aromatic carbocycles. The molecule has 6 nitrogen and oxygen atoms in total. The minimum absolute atomic E-state index is 0.0493. The third kappa shape index (κ3) is 2.20. The van der Waals surface area contributed by atoms with Gasteiger partial charge in [-0.05, 0) is 20.8 Å². The summed E-state index contributed by atoms with van der Waals surface area (Å²) in [6, 6.07) is 0. The zero-order chi connectivity index (χ0) is 13.4. The highest BCUT2D eigenvalue weighted by Crippen LogP contribution is 2.20. The molecule has 1 aromatic heterocycles. The second kappa shape index (κ2) is 4.61. The maximum Gasteiger partial charge on any atom is 0.274 e. The number of anilines is 1. The molecule has 0 aliphatic carbocycles. The monoisotopic (exact) mass is 252 g/mol. The number of rotatable bonds is 1. The molecule has 100 valence electrons.